The molecule has 1 aromatic rings. The summed E-state index contributed by atoms with van der Waals surface area (Å²) >= 11 is 0. The SMILES string of the molecule is C=C(/C=C(\C=C/N)CN1CCC(C(=O)N2CCN(Cc3ccccc3S(=O)(=O)N(C)C)CC2)CC1)NC. The van der Waals surface area contributed by atoms with Crippen LogP contribution >= 0.6 is 0 Å². The molecule has 2 aliphatic heterocycles. The number of hydrogen-bond donors (Lipinski definition) is 2. The number of carbonyl (C=O) groups excluding carboxylic acids is 1. The van der Waals surface area contributed by atoms with Gasteiger partial charge in [-0.3, -0.25) is 14.6 Å². The number of amides is 1. The summed E-state index contributed by atoms with van der Waals surface area (Å²) in [5.74, 6) is 0.301. The highest BCUT2D eigenvalue weighted by Gasteiger charge is 2.31. The molecule has 2 fully saturated rings. The number of allylic oxidation sites excluding steroid dienone is 1. The first-order chi connectivity index (χ1) is 17.6. The van der Waals surface area contributed by atoms with Gasteiger partial charge in [0.05, 0.1) is 4.90 Å². The van der Waals surface area contributed by atoms with Crippen LogP contribution in [-0.2, 0) is 21.4 Å². The van der Waals surface area contributed by atoms with Gasteiger partial charge in [-0.15, -0.1) is 0 Å². The first-order valence-corrected chi connectivity index (χ1v) is 14.3. The Hall–Kier alpha value is -2.66. The zero-order valence-corrected chi connectivity index (χ0v) is 23.2. The Bertz CT molecular complexity index is 1100. The Kier molecular flexibility index (Phi) is 10.3. The molecule has 0 saturated carbocycles. The average molecular weight is 531 g/mol. The van der Waals surface area contributed by atoms with Gasteiger partial charge in [-0.25, -0.2) is 12.7 Å². The van der Waals surface area contributed by atoms with E-state index in [0.717, 1.165) is 62.4 Å². The van der Waals surface area contributed by atoms with Crippen molar-refractivity contribution in [1.29, 1.82) is 0 Å². The van der Waals surface area contributed by atoms with Crippen LogP contribution in [0.5, 0.6) is 0 Å². The number of piperidine rings is 1. The third kappa shape index (κ3) is 7.67. The van der Waals surface area contributed by atoms with Crippen LogP contribution in [0.1, 0.15) is 18.4 Å². The van der Waals surface area contributed by atoms with E-state index in [1.807, 2.05) is 36.2 Å². The van der Waals surface area contributed by atoms with Crippen molar-refractivity contribution in [2.24, 2.45) is 11.7 Å². The number of sulfonamides is 1. The molecule has 9 nitrogen and oxygen atoms in total. The number of hydrogen-bond acceptors (Lipinski definition) is 7. The second-order valence-electron chi connectivity index (χ2n) is 9.90. The summed E-state index contributed by atoms with van der Waals surface area (Å²) in [6.45, 7) is 9.83. The number of carbonyl (C=O) groups is 1. The maximum atomic E-state index is 13.2. The molecule has 0 spiro atoms. The van der Waals surface area contributed by atoms with Crippen LogP contribution in [0, 0.1) is 5.92 Å². The summed E-state index contributed by atoms with van der Waals surface area (Å²) < 4.78 is 26.7. The molecule has 2 heterocycles. The van der Waals surface area contributed by atoms with Gasteiger partial charge in [-0.2, -0.15) is 0 Å². The summed E-state index contributed by atoms with van der Waals surface area (Å²) in [6, 6.07) is 7.17. The highest BCUT2D eigenvalue weighted by Crippen LogP contribution is 2.23. The predicted octanol–water partition coefficient (Wildman–Crippen LogP) is 1.43. The van der Waals surface area contributed by atoms with Crippen LogP contribution in [0.25, 0.3) is 0 Å². The molecular weight excluding hydrogens is 488 g/mol. The van der Waals surface area contributed by atoms with Gasteiger partial charge in [0, 0.05) is 72.0 Å². The largest absolute Gasteiger partial charge is 0.405 e. The second kappa shape index (κ2) is 13.2. The van der Waals surface area contributed by atoms with Gasteiger partial charge in [0.25, 0.3) is 0 Å². The van der Waals surface area contributed by atoms with Crippen LogP contribution in [0.15, 0.2) is 65.4 Å². The van der Waals surface area contributed by atoms with Crippen molar-refractivity contribution < 1.29 is 13.2 Å². The first kappa shape index (κ1) is 28.9. The molecule has 0 bridgehead atoms. The van der Waals surface area contributed by atoms with E-state index in [0.29, 0.717) is 24.5 Å². The van der Waals surface area contributed by atoms with E-state index < -0.39 is 10.0 Å². The number of rotatable bonds is 10. The molecule has 0 radical (unpaired) electrons. The molecule has 2 saturated heterocycles. The summed E-state index contributed by atoms with van der Waals surface area (Å²) in [5.41, 5.74) is 8.33. The van der Waals surface area contributed by atoms with Gasteiger partial charge in [0.15, 0.2) is 0 Å². The molecule has 3 rings (SSSR count). The van der Waals surface area contributed by atoms with Crippen LogP contribution in [0.2, 0.25) is 0 Å². The van der Waals surface area contributed by atoms with E-state index in [-0.39, 0.29) is 11.8 Å². The Morgan fingerprint density at radius 3 is 2.35 bits per heavy atom. The Balaban J connectivity index is 1.50. The average Bonchev–Trinajstić information content (AvgIpc) is 2.89. The van der Waals surface area contributed by atoms with Crippen molar-refractivity contribution >= 4 is 15.9 Å². The standard InChI is InChI=1S/C27H42N6O3S/c1-22(29-2)19-23(9-12-28)20-31-13-10-24(11-14-31)27(34)33-17-15-32(16-18-33)21-25-7-5-6-8-26(25)37(35,36)30(3)4/h5-9,12,19,24,29H,1,10-11,13-18,20-21,28H2,2-4H3/b12-9-,23-19+. The normalized spacial score (nSPS) is 19.0. The number of likely N-dealkylation sites (tertiary alicyclic amines) is 1. The van der Waals surface area contributed by atoms with Crippen molar-refractivity contribution in [1.82, 2.24) is 24.3 Å². The third-order valence-corrected chi connectivity index (χ3v) is 9.06. The summed E-state index contributed by atoms with van der Waals surface area (Å²) in [5, 5.41) is 3.03. The van der Waals surface area contributed by atoms with Gasteiger partial charge in [-0.05, 0) is 61.5 Å². The lowest BCUT2D eigenvalue weighted by Crippen LogP contribution is -2.51. The second-order valence-corrected chi connectivity index (χ2v) is 12.0. The van der Waals surface area contributed by atoms with Crippen molar-refractivity contribution in [3.05, 3.63) is 66.0 Å². The molecule has 10 heteroatoms. The van der Waals surface area contributed by atoms with E-state index >= 15 is 0 Å². The van der Waals surface area contributed by atoms with Crippen molar-refractivity contribution in [2.75, 3.05) is 67.0 Å². The minimum Gasteiger partial charge on any atom is -0.405 e. The number of piperazine rings is 1. The number of benzene rings is 1. The fourth-order valence-corrected chi connectivity index (χ4v) is 5.98. The first-order valence-electron chi connectivity index (χ1n) is 12.8. The van der Waals surface area contributed by atoms with Gasteiger partial charge in [0.2, 0.25) is 15.9 Å². The minimum absolute atomic E-state index is 0.0542. The molecule has 0 unspecified atom stereocenters. The van der Waals surface area contributed by atoms with Gasteiger partial charge in [-0.1, -0.05) is 24.8 Å². The summed E-state index contributed by atoms with van der Waals surface area (Å²) in [7, 11) is 1.44. The fraction of sp³-hybridized carbons (Fsp3) is 0.519. The molecule has 0 atom stereocenters. The molecular formula is C27H42N6O3S. The molecule has 1 amide bonds. The van der Waals surface area contributed by atoms with E-state index in [1.54, 1.807) is 32.4 Å². The molecule has 0 aromatic heterocycles. The molecule has 204 valence electrons. The molecule has 0 aliphatic carbocycles. The lowest BCUT2D eigenvalue weighted by atomic mass is 9.94. The lowest BCUT2D eigenvalue weighted by molar-refractivity contribution is -0.138. The molecule has 2 aliphatic rings. The highest BCUT2D eigenvalue weighted by atomic mass is 32.2. The van der Waals surface area contributed by atoms with E-state index in [4.69, 9.17) is 5.73 Å². The monoisotopic (exact) mass is 530 g/mol. The van der Waals surface area contributed by atoms with Gasteiger partial charge in [0.1, 0.15) is 0 Å². The number of nitrogens with zero attached hydrogens (tertiary/aromatic N) is 4. The Labute approximate surface area is 222 Å². The predicted molar refractivity (Wildman–Crippen MR) is 148 cm³/mol. The quantitative estimate of drug-likeness (QED) is 0.441. The van der Waals surface area contributed by atoms with Gasteiger partial charge >= 0.3 is 0 Å². The van der Waals surface area contributed by atoms with Crippen molar-refractivity contribution in [3.63, 3.8) is 0 Å². The molecule has 1 aromatic carbocycles. The zero-order chi connectivity index (χ0) is 27.0. The smallest absolute Gasteiger partial charge is 0.242 e. The molecule has 37 heavy (non-hydrogen) atoms. The number of likely N-dealkylation sites (N-methyl/N-ethyl adjacent to an activating group) is 1. The number of nitrogens with two attached hydrogens (primary N) is 1. The topological polar surface area (TPSA) is 102 Å². The van der Waals surface area contributed by atoms with Crippen LogP contribution in [0.3, 0.4) is 0 Å². The van der Waals surface area contributed by atoms with E-state index in [2.05, 4.69) is 21.7 Å². The fourth-order valence-electron chi connectivity index (χ4n) is 4.87. The Morgan fingerprint density at radius 1 is 1.11 bits per heavy atom. The maximum Gasteiger partial charge on any atom is 0.242 e. The highest BCUT2D eigenvalue weighted by molar-refractivity contribution is 7.89. The number of nitrogens with one attached hydrogen (secondary N) is 1. The van der Waals surface area contributed by atoms with E-state index in [9.17, 15) is 13.2 Å². The van der Waals surface area contributed by atoms with Crippen LogP contribution < -0.4 is 11.1 Å². The van der Waals surface area contributed by atoms with Crippen LogP contribution in [-0.4, -0.2) is 100 Å². The van der Waals surface area contributed by atoms with Crippen LogP contribution in [0.4, 0.5) is 0 Å². The van der Waals surface area contributed by atoms with Crippen molar-refractivity contribution in [3.8, 4) is 0 Å². The summed E-state index contributed by atoms with van der Waals surface area (Å²) in [6.07, 6.45) is 7.13. The van der Waals surface area contributed by atoms with Gasteiger partial charge < -0.3 is 16.0 Å². The summed E-state index contributed by atoms with van der Waals surface area (Å²) in [4.78, 5) is 20.2. The third-order valence-electron chi connectivity index (χ3n) is 7.14. The Morgan fingerprint density at radius 2 is 1.76 bits per heavy atom. The van der Waals surface area contributed by atoms with Crippen molar-refractivity contribution in [2.45, 2.75) is 24.3 Å². The maximum absolute atomic E-state index is 13.2. The van der Waals surface area contributed by atoms with E-state index in [1.165, 1.54) is 4.31 Å². The molecule has 3 N–H and O–H groups in total. The lowest BCUT2D eigenvalue weighted by Gasteiger charge is -2.38. The zero-order valence-electron chi connectivity index (χ0n) is 22.4. The minimum atomic E-state index is -3.50.